The van der Waals surface area contributed by atoms with Gasteiger partial charge in [-0.05, 0) is 38.8 Å². The van der Waals surface area contributed by atoms with Crippen molar-refractivity contribution in [3.8, 4) is 0 Å². The number of benzene rings is 1. The summed E-state index contributed by atoms with van der Waals surface area (Å²) in [5, 5.41) is 3.52. The smallest absolute Gasteiger partial charge is 0.0477 e. The minimum absolute atomic E-state index is 0.515. The van der Waals surface area contributed by atoms with Crippen LogP contribution in [0.2, 0.25) is 0 Å². The molecule has 0 aliphatic carbocycles. The molecule has 2 nitrogen and oxygen atoms in total. The van der Waals surface area contributed by atoms with Crippen molar-refractivity contribution < 1.29 is 4.74 Å². The number of rotatable bonds is 7. The van der Waals surface area contributed by atoms with Gasteiger partial charge in [-0.15, -0.1) is 0 Å². The first-order valence-electron chi connectivity index (χ1n) is 6.45. The average Bonchev–Trinajstić information content (AvgIpc) is 2.24. The van der Waals surface area contributed by atoms with Crippen LogP contribution >= 0.6 is 0 Å². The fourth-order valence-corrected chi connectivity index (χ4v) is 2.30. The highest BCUT2D eigenvalue weighted by atomic mass is 16.5. The van der Waals surface area contributed by atoms with E-state index in [1.807, 2.05) is 0 Å². The lowest BCUT2D eigenvalue weighted by molar-refractivity contribution is 0.183. The maximum atomic E-state index is 5.16. The van der Waals surface area contributed by atoms with Gasteiger partial charge in [-0.3, -0.25) is 0 Å². The summed E-state index contributed by atoms with van der Waals surface area (Å²) in [5.74, 6) is 0. The van der Waals surface area contributed by atoms with Gasteiger partial charge in [0.1, 0.15) is 0 Å². The van der Waals surface area contributed by atoms with Crippen LogP contribution in [0, 0.1) is 13.8 Å². The van der Waals surface area contributed by atoms with Crippen molar-refractivity contribution in [3.63, 3.8) is 0 Å². The monoisotopic (exact) mass is 235 g/mol. The molecule has 1 rings (SSSR count). The molecule has 2 heteroatoms. The van der Waals surface area contributed by atoms with E-state index in [2.05, 4.69) is 44.3 Å². The van der Waals surface area contributed by atoms with Crippen LogP contribution in [0.1, 0.15) is 30.0 Å². The molecule has 0 amide bonds. The number of hydrogen-bond donors (Lipinski definition) is 1. The lowest BCUT2D eigenvalue weighted by Crippen LogP contribution is -2.32. The highest BCUT2D eigenvalue weighted by Gasteiger charge is 2.08. The van der Waals surface area contributed by atoms with Crippen LogP contribution in [0.3, 0.4) is 0 Å². The van der Waals surface area contributed by atoms with Crippen molar-refractivity contribution >= 4 is 0 Å². The number of ether oxygens (including phenoxy) is 1. The molecule has 0 aliphatic heterocycles. The van der Waals surface area contributed by atoms with Crippen molar-refractivity contribution in [3.05, 3.63) is 34.9 Å². The summed E-state index contributed by atoms with van der Waals surface area (Å²) in [4.78, 5) is 0. The Bertz CT molecular complexity index is 315. The predicted molar refractivity (Wildman–Crippen MR) is 73.6 cm³/mol. The summed E-state index contributed by atoms with van der Waals surface area (Å²) in [6.45, 7) is 8.31. The third-order valence-electron chi connectivity index (χ3n) is 2.93. The van der Waals surface area contributed by atoms with E-state index in [-0.39, 0.29) is 0 Å². The molecule has 1 aromatic rings. The average molecular weight is 235 g/mol. The normalized spacial score (nSPS) is 12.7. The zero-order valence-corrected chi connectivity index (χ0v) is 11.5. The minimum Gasteiger partial charge on any atom is -0.385 e. The Morgan fingerprint density at radius 3 is 2.35 bits per heavy atom. The Balaban J connectivity index is 2.63. The zero-order valence-electron chi connectivity index (χ0n) is 11.5. The number of hydrogen-bond acceptors (Lipinski definition) is 2. The molecule has 1 unspecified atom stereocenters. The van der Waals surface area contributed by atoms with Crippen molar-refractivity contribution in [2.45, 2.75) is 39.7 Å². The third-order valence-corrected chi connectivity index (χ3v) is 2.93. The van der Waals surface area contributed by atoms with E-state index in [1.54, 1.807) is 7.11 Å². The van der Waals surface area contributed by atoms with Crippen LogP contribution in [0.25, 0.3) is 0 Å². The molecule has 0 bridgehead atoms. The number of methoxy groups -OCH3 is 1. The first-order valence-corrected chi connectivity index (χ1v) is 6.45. The first kappa shape index (κ1) is 14.2. The Labute approximate surface area is 105 Å². The molecule has 1 atom stereocenters. The second-order valence-corrected chi connectivity index (χ2v) is 4.74. The summed E-state index contributed by atoms with van der Waals surface area (Å²) >= 11 is 0. The molecular formula is C15H25NO. The molecule has 0 aromatic heterocycles. The lowest BCUT2D eigenvalue weighted by Gasteiger charge is -2.18. The fourth-order valence-electron chi connectivity index (χ4n) is 2.30. The lowest BCUT2D eigenvalue weighted by atomic mass is 9.99. The van der Waals surface area contributed by atoms with Crippen LogP contribution in [0.4, 0.5) is 0 Å². The minimum atomic E-state index is 0.515. The molecule has 0 radical (unpaired) electrons. The predicted octanol–water partition coefficient (Wildman–Crippen LogP) is 2.86. The molecule has 0 heterocycles. The molecule has 17 heavy (non-hydrogen) atoms. The summed E-state index contributed by atoms with van der Waals surface area (Å²) in [6.07, 6.45) is 2.15. The van der Waals surface area contributed by atoms with Crippen molar-refractivity contribution in [1.82, 2.24) is 5.32 Å². The summed E-state index contributed by atoms with van der Waals surface area (Å²) < 4.78 is 5.16. The van der Waals surface area contributed by atoms with Crippen LogP contribution in [-0.2, 0) is 11.2 Å². The van der Waals surface area contributed by atoms with E-state index >= 15 is 0 Å². The van der Waals surface area contributed by atoms with Gasteiger partial charge < -0.3 is 10.1 Å². The van der Waals surface area contributed by atoms with Gasteiger partial charge in [-0.1, -0.05) is 36.2 Å². The molecule has 1 N–H and O–H groups in total. The van der Waals surface area contributed by atoms with Crippen LogP contribution in [-0.4, -0.2) is 26.3 Å². The largest absolute Gasteiger partial charge is 0.385 e. The van der Waals surface area contributed by atoms with E-state index in [4.69, 9.17) is 4.74 Å². The van der Waals surface area contributed by atoms with Gasteiger partial charge in [0.2, 0.25) is 0 Å². The quantitative estimate of drug-likeness (QED) is 0.784. The third kappa shape index (κ3) is 5.33. The van der Waals surface area contributed by atoms with Gasteiger partial charge in [-0.25, -0.2) is 0 Å². The van der Waals surface area contributed by atoms with Crippen molar-refractivity contribution in [2.24, 2.45) is 0 Å². The summed E-state index contributed by atoms with van der Waals surface area (Å²) in [5.41, 5.74) is 4.12. The van der Waals surface area contributed by atoms with Gasteiger partial charge in [0.05, 0.1) is 0 Å². The Hall–Kier alpha value is -0.860. The van der Waals surface area contributed by atoms with Crippen molar-refractivity contribution in [2.75, 3.05) is 20.3 Å². The van der Waals surface area contributed by atoms with E-state index in [9.17, 15) is 0 Å². The van der Waals surface area contributed by atoms with E-state index in [1.165, 1.54) is 16.7 Å². The maximum absolute atomic E-state index is 5.16. The first-order chi connectivity index (χ1) is 8.15. The molecular weight excluding hydrogens is 210 g/mol. The number of likely N-dealkylation sites (N-methyl/N-ethyl adjacent to an activating group) is 1. The second-order valence-electron chi connectivity index (χ2n) is 4.74. The molecule has 1 aromatic carbocycles. The molecule has 0 fully saturated rings. The summed E-state index contributed by atoms with van der Waals surface area (Å²) in [7, 11) is 1.76. The van der Waals surface area contributed by atoms with E-state index < -0.39 is 0 Å². The molecule has 96 valence electrons. The van der Waals surface area contributed by atoms with Gasteiger partial charge >= 0.3 is 0 Å². The standard InChI is InChI=1S/C15H25NO/c1-5-16-15(6-7-17-4)11-14-9-12(2)8-13(3)10-14/h8-10,15-16H,5-7,11H2,1-4H3. The molecule has 0 saturated carbocycles. The van der Waals surface area contributed by atoms with Gasteiger partial charge in [0.15, 0.2) is 0 Å². The van der Waals surface area contributed by atoms with E-state index in [0.717, 1.165) is 26.0 Å². The fraction of sp³-hybridized carbons (Fsp3) is 0.600. The highest BCUT2D eigenvalue weighted by Crippen LogP contribution is 2.12. The topological polar surface area (TPSA) is 21.3 Å². The Kier molecular flexibility index (Phi) is 6.23. The molecule has 0 saturated heterocycles. The van der Waals surface area contributed by atoms with Crippen LogP contribution in [0.15, 0.2) is 18.2 Å². The van der Waals surface area contributed by atoms with Crippen molar-refractivity contribution in [1.29, 1.82) is 0 Å². The Morgan fingerprint density at radius 1 is 1.18 bits per heavy atom. The van der Waals surface area contributed by atoms with Gasteiger partial charge in [-0.2, -0.15) is 0 Å². The van der Waals surface area contributed by atoms with E-state index in [0.29, 0.717) is 6.04 Å². The number of nitrogens with one attached hydrogen (secondary N) is 1. The van der Waals surface area contributed by atoms with Gasteiger partial charge in [0, 0.05) is 19.8 Å². The summed E-state index contributed by atoms with van der Waals surface area (Å²) in [6, 6.07) is 7.30. The number of aryl methyl sites for hydroxylation is 2. The maximum Gasteiger partial charge on any atom is 0.0477 e. The molecule has 0 spiro atoms. The second kappa shape index (κ2) is 7.46. The van der Waals surface area contributed by atoms with Crippen LogP contribution < -0.4 is 5.32 Å². The van der Waals surface area contributed by atoms with Crippen LogP contribution in [0.5, 0.6) is 0 Å². The Morgan fingerprint density at radius 2 is 1.82 bits per heavy atom. The SMILES string of the molecule is CCNC(CCOC)Cc1cc(C)cc(C)c1. The molecule has 0 aliphatic rings. The highest BCUT2D eigenvalue weighted by molar-refractivity contribution is 5.29. The van der Waals surface area contributed by atoms with Gasteiger partial charge in [0.25, 0.3) is 0 Å². The zero-order chi connectivity index (χ0) is 12.7.